The number of rotatable bonds is 11. The first-order valence-corrected chi connectivity index (χ1v) is 13.1. The number of amides is 2. The number of nitrogens with zero attached hydrogens (tertiary/aromatic N) is 3. The summed E-state index contributed by atoms with van der Waals surface area (Å²) in [6.07, 6.45) is 8.91. The maximum Gasteiger partial charge on any atom is 0.256 e. The summed E-state index contributed by atoms with van der Waals surface area (Å²) in [7, 11) is 0. The van der Waals surface area contributed by atoms with E-state index < -0.39 is 0 Å². The molecule has 1 aliphatic carbocycles. The Hall–Kier alpha value is -2.58. The molecule has 4 rings (SSSR count). The van der Waals surface area contributed by atoms with Crippen LogP contribution in [-0.4, -0.2) is 58.9 Å². The van der Waals surface area contributed by atoms with E-state index in [1.165, 1.54) is 12.8 Å². The standard InChI is InChI=1S/C25H32Cl2N6O2/c26-20-8-3-9-21(27)18(20)11-13-29-25-30-16-19(23(32-25)31-17-6-1-2-7-17)24(35)28-12-5-15-33-14-4-10-22(33)34/h3,8-9,16-17H,1-2,4-7,10-15H2,(H,28,35)(H2,29,30,31,32). The number of aromatic nitrogens is 2. The number of carbonyl (C=O) groups excluding carboxylic acids is 2. The van der Waals surface area contributed by atoms with Crippen molar-refractivity contribution < 1.29 is 9.59 Å². The van der Waals surface area contributed by atoms with Gasteiger partial charge in [0.15, 0.2) is 0 Å². The topological polar surface area (TPSA) is 99.2 Å². The minimum atomic E-state index is -0.215. The van der Waals surface area contributed by atoms with E-state index in [1.807, 2.05) is 23.1 Å². The third-order valence-electron chi connectivity index (χ3n) is 6.51. The molecule has 2 heterocycles. The molecule has 2 fully saturated rings. The summed E-state index contributed by atoms with van der Waals surface area (Å²) in [4.78, 5) is 35.5. The molecule has 3 N–H and O–H groups in total. The van der Waals surface area contributed by atoms with E-state index in [4.69, 9.17) is 23.2 Å². The van der Waals surface area contributed by atoms with E-state index in [0.29, 0.717) is 72.3 Å². The zero-order chi connectivity index (χ0) is 24.6. The molecule has 10 heteroatoms. The fourth-order valence-electron chi connectivity index (χ4n) is 4.58. The first-order chi connectivity index (χ1) is 17.0. The molecule has 1 saturated heterocycles. The highest BCUT2D eigenvalue weighted by Gasteiger charge is 2.22. The molecule has 2 amide bonds. The van der Waals surface area contributed by atoms with Gasteiger partial charge in [-0.25, -0.2) is 4.98 Å². The van der Waals surface area contributed by atoms with Crippen LogP contribution in [0.25, 0.3) is 0 Å². The summed E-state index contributed by atoms with van der Waals surface area (Å²) < 4.78 is 0. The summed E-state index contributed by atoms with van der Waals surface area (Å²) >= 11 is 12.5. The molecule has 1 aromatic heterocycles. The average Bonchev–Trinajstić information content (AvgIpc) is 3.50. The first kappa shape index (κ1) is 25.5. The monoisotopic (exact) mass is 518 g/mol. The summed E-state index contributed by atoms with van der Waals surface area (Å²) in [6, 6.07) is 5.76. The Bertz CT molecular complexity index is 1020. The van der Waals surface area contributed by atoms with Crippen molar-refractivity contribution in [3.63, 3.8) is 0 Å². The Morgan fingerprint density at radius 1 is 1.11 bits per heavy atom. The van der Waals surface area contributed by atoms with E-state index in [1.54, 1.807) is 6.20 Å². The van der Waals surface area contributed by atoms with Gasteiger partial charge in [-0.1, -0.05) is 42.1 Å². The van der Waals surface area contributed by atoms with E-state index in [-0.39, 0.29) is 11.8 Å². The molecule has 2 aliphatic rings. The number of nitrogens with one attached hydrogen (secondary N) is 3. The number of hydrogen-bond acceptors (Lipinski definition) is 6. The minimum absolute atomic E-state index is 0.202. The molecule has 8 nitrogen and oxygen atoms in total. The van der Waals surface area contributed by atoms with Crippen molar-refractivity contribution >= 4 is 46.8 Å². The zero-order valence-corrected chi connectivity index (χ0v) is 21.3. The Balaban J connectivity index is 1.36. The molecule has 1 saturated carbocycles. The van der Waals surface area contributed by atoms with Crippen molar-refractivity contribution in [2.75, 3.05) is 36.8 Å². The number of likely N-dealkylation sites (tertiary alicyclic amines) is 1. The summed E-state index contributed by atoms with van der Waals surface area (Å²) in [5.41, 5.74) is 1.30. The van der Waals surface area contributed by atoms with Crippen LogP contribution in [0, 0.1) is 0 Å². The average molecular weight is 519 g/mol. The van der Waals surface area contributed by atoms with Crippen molar-refractivity contribution in [2.24, 2.45) is 0 Å². The smallest absolute Gasteiger partial charge is 0.256 e. The van der Waals surface area contributed by atoms with Gasteiger partial charge in [-0.05, 0) is 49.8 Å². The van der Waals surface area contributed by atoms with Crippen LogP contribution in [-0.2, 0) is 11.2 Å². The lowest BCUT2D eigenvalue weighted by molar-refractivity contribution is -0.127. The molecule has 0 unspecified atom stereocenters. The van der Waals surface area contributed by atoms with Gasteiger partial charge in [-0.2, -0.15) is 4.98 Å². The predicted molar refractivity (Wildman–Crippen MR) is 139 cm³/mol. The predicted octanol–water partition coefficient (Wildman–Crippen LogP) is 4.53. The van der Waals surface area contributed by atoms with Gasteiger partial charge in [0, 0.05) is 54.9 Å². The van der Waals surface area contributed by atoms with Crippen LogP contribution in [0.5, 0.6) is 0 Å². The maximum atomic E-state index is 12.9. The Morgan fingerprint density at radius 3 is 2.60 bits per heavy atom. The van der Waals surface area contributed by atoms with Crippen LogP contribution >= 0.6 is 23.2 Å². The number of benzene rings is 1. The zero-order valence-electron chi connectivity index (χ0n) is 19.8. The molecule has 1 aliphatic heterocycles. The van der Waals surface area contributed by atoms with Crippen molar-refractivity contribution in [1.29, 1.82) is 0 Å². The fourth-order valence-corrected chi connectivity index (χ4v) is 5.17. The van der Waals surface area contributed by atoms with Crippen LogP contribution in [0.1, 0.15) is 60.9 Å². The van der Waals surface area contributed by atoms with Gasteiger partial charge in [-0.3, -0.25) is 9.59 Å². The van der Waals surface area contributed by atoms with Crippen LogP contribution in [0.15, 0.2) is 24.4 Å². The van der Waals surface area contributed by atoms with Gasteiger partial charge in [0.1, 0.15) is 11.4 Å². The second-order valence-electron chi connectivity index (χ2n) is 9.05. The highest BCUT2D eigenvalue weighted by Crippen LogP contribution is 2.26. The molecule has 188 valence electrons. The number of anilines is 2. The fraction of sp³-hybridized carbons (Fsp3) is 0.520. The molecule has 0 bridgehead atoms. The van der Waals surface area contributed by atoms with Crippen LogP contribution < -0.4 is 16.0 Å². The van der Waals surface area contributed by atoms with Gasteiger partial charge in [0.2, 0.25) is 11.9 Å². The van der Waals surface area contributed by atoms with Gasteiger partial charge >= 0.3 is 0 Å². The second-order valence-corrected chi connectivity index (χ2v) is 9.87. The minimum Gasteiger partial charge on any atom is -0.367 e. The van der Waals surface area contributed by atoms with Crippen molar-refractivity contribution in [3.8, 4) is 0 Å². The Labute approximate surface area is 216 Å². The van der Waals surface area contributed by atoms with Gasteiger partial charge < -0.3 is 20.9 Å². The number of halogens is 2. The largest absolute Gasteiger partial charge is 0.367 e. The number of carbonyl (C=O) groups is 2. The summed E-state index contributed by atoms with van der Waals surface area (Å²) in [5.74, 6) is 0.968. The maximum absolute atomic E-state index is 12.9. The molecule has 0 atom stereocenters. The molecule has 2 aromatic rings. The van der Waals surface area contributed by atoms with Gasteiger partial charge in [0.05, 0.1) is 0 Å². The first-order valence-electron chi connectivity index (χ1n) is 12.4. The molecular formula is C25H32Cl2N6O2. The van der Waals surface area contributed by atoms with Crippen molar-refractivity contribution in [2.45, 2.75) is 57.4 Å². The van der Waals surface area contributed by atoms with E-state index in [9.17, 15) is 9.59 Å². The van der Waals surface area contributed by atoms with Crippen LogP contribution in [0.2, 0.25) is 10.0 Å². The highest BCUT2D eigenvalue weighted by molar-refractivity contribution is 6.36. The molecule has 0 spiro atoms. The SMILES string of the molecule is O=C(NCCCN1CCCC1=O)c1cnc(NCCc2c(Cl)cccc2Cl)nc1NC1CCCC1. The van der Waals surface area contributed by atoms with E-state index in [2.05, 4.69) is 25.9 Å². The van der Waals surface area contributed by atoms with Crippen LogP contribution in [0.4, 0.5) is 11.8 Å². The van der Waals surface area contributed by atoms with E-state index >= 15 is 0 Å². The van der Waals surface area contributed by atoms with Crippen LogP contribution in [0.3, 0.4) is 0 Å². The Kier molecular flexibility index (Phi) is 9.04. The normalized spacial score (nSPS) is 16.1. The van der Waals surface area contributed by atoms with Crippen molar-refractivity contribution in [3.05, 3.63) is 45.6 Å². The lowest BCUT2D eigenvalue weighted by Crippen LogP contribution is -2.31. The third-order valence-corrected chi connectivity index (χ3v) is 7.22. The van der Waals surface area contributed by atoms with Gasteiger partial charge in [-0.15, -0.1) is 0 Å². The second kappa shape index (κ2) is 12.4. The summed E-state index contributed by atoms with van der Waals surface area (Å²) in [6.45, 7) is 2.52. The number of hydrogen-bond donors (Lipinski definition) is 3. The quantitative estimate of drug-likeness (QED) is 0.377. The van der Waals surface area contributed by atoms with Crippen molar-refractivity contribution in [1.82, 2.24) is 20.2 Å². The molecular weight excluding hydrogens is 487 g/mol. The molecule has 1 aromatic carbocycles. The lowest BCUT2D eigenvalue weighted by atomic mass is 10.1. The third kappa shape index (κ3) is 6.98. The Morgan fingerprint density at radius 2 is 1.89 bits per heavy atom. The van der Waals surface area contributed by atoms with E-state index in [0.717, 1.165) is 31.4 Å². The highest BCUT2D eigenvalue weighted by atomic mass is 35.5. The summed E-state index contributed by atoms with van der Waals surface area (Å²) in [5, 5.41) is 10.9. The van der Waals surface area contributed by atoms with Gasteiger partial charge in [0.25, 0.3) is 5.91 Å². The lowest BCUT2D eigenvalue weighted by Gasteiger charge is -2.18. The molecule has 35 heavy (non-hydrogen) atoms. The molecule has 0 radical (unpaired) electrons.